The van der Waals surface area contributed by atoms with Crippen LogP contribution < -0.4 is 0 Å². The fraction of sp³-hybridized carbons (Fsp3) is 0.500. The van der Waals surface area contributed by atoms with Gasteiger partial charge in [-0.05, 0) is 0 Å². The summed E-state index contributed by atoms with van der Waals surface area (Å²) < 4.78 is 13.9. The van der Waals surface area contributed by atoms with Crippen LogP contribution in [-0.4, -0.2) is 12.6 Å². The number of hydrogen-bond donors (Lipinski definition) is 0. The molecule has 0 heterocycles. The SMILES string of the molecule is CC(=O)OCC#P=O. The van der Waals surface area contributed by atoms with Gasteiger partial charge in [0.25, 0.3) is 0 Å². The van der Waals surface area contributed by atoms with Crippen LogP contribution in [0.25, 0.3) is 0 Å². The van der Waals surface area contributed by atoms with E-state index in [4.69, 9.17) is 0 Å². The minimum absolute atomic E-state index is 0.000386. The molecule has 3 nitrogen and oxygen atoms in total. The van der Waals surface area contributed by atoms with Crippen molar-refractivity contribution in [1.29, 1.82) is 0 Å². The standard InChI is InChI=1S/C4H5O3P/c1-4(5)7-2-3-8-6/h2H2,1H3. The Labute approximate surface area is 48.1 Å². The topological polar surface area (TPSA) is 43.4 Å². The molecule has 0 aliphatic carbocycles. The second-order valence-electron chi connectivity index (χ2n) is 1.03. The number of carbonyl (C=O) groups excluding carboxylic acids is 1. The van der Waals surface area contributed by atoms with Crippen LogP contribution >= 0.6 is 7.92 Å². The Morgan fingerprint density at radius 1 is 1.88 bits per heavy atom. The van der Waals surface area contributed by atoms with E-state index in [0.717, 1.165) is 0 Å². The van der Waals surface area contributed by atoms with Crippen LogP contribution in [0.3, 0.4) is 0 Å². The van der Waals surface area contributed by atoms with Gasteiger partial charge in [-0.2, -0.15) is 0 Å². The Morgan fingerprint density at radius 2 is 2.50 bits per heavy atom. The van der Waals surface area contributed by atoms with Crippen molar-refractivity contribution in [3.8, 4) is 5.63 Å². The van der Waals surface area contributed by atoms with Crippen LogP contribution in [0.4, 0.5) is 0 Å². The van der Waals surface area contributed by atoms with Crippen molar-refractivity contribution in [2.75, 3.05) is 6.61 Å². The van der Waals surface area contributed by atoms with Crippen LogP contribution in [-0.2, 0) is 14.1 Å². The molecule has 0 atom stereocenters. The third kappa shape index (κ3) is 5.48. The Bertz CT molecular complexity index is 167. The third-order valence-corrected chi connectivity index (χ3v) is 0.663. The predicted octanol–water partition coefficient (Wildman–Crippen LogP) is 0.800. The zero-order chi connectivity index (χ0) is 6.41. The molecule has 0 spiro atoms. The summed E-state index contributed by atoms with van der Waals surface area (Å²) >= 11 is 0. The van der Waals surface area contributed by atoms with Gasteiger partial charge in [-0.3, -0.25) is 0 Å². The van der Waals surface area contributed by atoms with Crippen molar-refractivity contribution in [3.63, 3.8) is 0 Å². The summed E-state index contributed by atoms with van der Waals surface area (Å²) in [5, 5.41) is 0. The van der Waals surface area contributed by atoms with Crippen molar-refractivity contribution < 1.29 is 14.1 Å². The molecule has 0 aromatic rings. The van der Waals surface area contributed by atoms with Gasteiger partial charge in [0, 0.05) is 0 Å². The van der Waals surface area contributed by atoms with E-state index in [1.165, 1.54) is 6.92 Å². The molecule has 0 aliphatic heterocycles. The van der Waals surface area contributed by atoms with Crippen molar-refractivity contribution in [3.05, 3.63) is 0 Å². The van der Waals surface area contributed by atoms with Crippen LogP contribution in [0.5, 0.6) is 0 Å². The molecule has 44 valence electrons. The summed E-state index contributed by atoms with van der Waals surface area (Å²) in [5.74, 6) is -0.388. The molecule has 0 rings (SSSR count). The van der Waals surface area contributed by atoms with Crippen molar-refractivity contribution >= 4 is 13.9 Å². The van der Waals surface area contributed by atoms with E-state index in [9.17, 15) is 9.36 Å². The van der Waals surface area contributed by atoms with Gasteiger partial charge in [0.1, 0.15) is 0 Å². The molecule has 0 N–H and O–H groups in total. The Balaban J connectivity index is 3.28. The molecule has 0 radical (unpaired) electrons. The first-order valence-electron chi connectivity index (χ1n) is 1.96. The maximum absolute atomic E-state index is 9.95. The molecule has 4 heteroatoms. The van der Waals surface area contributed by atoms with Crippen LogP contribution in [0.15, 0.2) is 0 Å². The van der Waals surface area contributed by atoms with Gasteiger partial charge in [-0.1, -0.05) is 0 Å². The van der Waals surface area contributed by atoms with Crippen molar-refractivity contribution in [1.82, 2.24) is 0 Å². The van der Waals surface area contributed by atoms with E-state index in [1.54, 1.807) is 0 Å². The molecule has 0 aromatic carbocycles. The summed E-state index contributed by atoms with van der Waals surface area (Å²) in [6.45, 7) is 1.28. The molecule has 8 heavy (non-hydrogen) atoms. The molecule has 0 aliphatic rings. The predicted molar refractivity (Wildman–Crippen MR) is 28.1 cm³/mol. The van der Waals surface area contributed by atoms with Gasteiger partial charge >= 0.3 is 47.1 Å². The number of carbonyl (C=O) groups is 1. The normalized spacial score (nSPS) is 7.12. The van der Waals surface area contributed by atoms with E-state index in [0.29, 0.717) is 0 Å². The van der Waals surface area contributed by atoms with Gasteiger partial charge in [-0.15, -0.1) is 0 Å². The molecule has 0 amide bonds. The van der Waals surface area contributed by atoms with Crippen molar-refractivity contribution in [2.24, 2.45) is 0 Å². The molecule has 0 bridgehead atoms. The van der Waals surface area contributed by atoms with E-state index in [-0.39, 0.29) is 20.5 Å². The molecular formula is C4H5O3P. The zero-order valence-corrected chi connectivity index (χ0v) is 5.27. The van der Waals surface area contributed by atoms with E-state index >= 15 is 0 Å². The van der Waals surface area contributed by atoms with Crippen molar-refractivity contribution in [2.45, 2.75) is 6.92 Å². The zero-order valence-electron chi connectivity index (χ0n) is 4.38. The second kappa shape index (κ2) is 4.63. The third-order valence-electron chi connectivity index (χ3n) is 0.405. The quantitative estimate of drug-likeness (QED) is 0.391. The van der Waals surface area contributed by atoms with Crippen LogP contribution in [0.1, 0.15) is 6.92 Å². The van der Waals surface area contributed by atoms with E-state index in [1.807, 2.05) is 0 Å². The van der Waals surface area contributed by atoms with Gasteiger partial charge in [0.05, 0.1) is 0 Å². The first-order chi connectivity index (χ1) is 3.77. The molecule has 0 unspecified atom stereocenters. The second-order valence-corrected chi connectivity index (χ2v) is 1.53. The molecule has 0 saturated heterocycles. The first kappa shape index (κ1) is 7.48. The number of rotatable bonds is 1. The van der Waals surface area contributed by atoms with Gasteiger partial charge in [0.15, 0.2) is 0 Å². The van der Waals surface area contributed by atoms with Crippen LogP contribution in [0.2, 0.25) is 0 Å². The number of esters is 1. The van der Waals surface area contributed by atoms with Gasteiger partial charge < -0.3 is 0 Å². The maximum atomic E-state index is 9.95. The first-order valence-corrected chi connectivity index (χ1v) is 2.77. The summed E-state index contributed by atoms with van der Waals surface area (Å²) in [7, 11) is -0.227. The fourth-order valence-electron chi connectivity index (χ4n) is 0.160. The Kier molecular flexibility index (Phi) is 4.33. The fourth-order valence-corrected chi connectivity index (χ4v) is 0.278. The average Bonchev–Trinajstić information content (AvgIpc) is 1.66. The van der Waals surface area contributed by atoms with Crippen LogP contribution in [0, 0.1) is 5.63 Å². The number of hydrogen-bond acceptors (Lipinski definition) is 3. The molecular weight excluding hydrogens is 127 g/mol. The van der Waals surface area contributed by atoms with Gasteiger partial charge in [-0.25, -0.2) is 0 Å². The summed E-state index contributed by atoms with van der Waals surface area (Å²) in [6, 6.07) is 0. The Hall–Kier alpha value is -0.520. The minimum atomic E-state index is -0.388. The summed E-state index contributed by atoms with van der Waals surface area (Å²) in [6.07, 6.45) is 0. The molecule has 0 fully saturated rings. The number of ether oxygens (including phenoxy) is 1. The van der Waals surface area contributed by atoms with E-state index in [2.05, 4.69) is 10.4 Å². The summed E-state index contributed by atoms with van der Waals surface area (Å²) in [5.41, 5.74) is 2.25. The van der Waals surface area contributed by atoms with E-state index < -0.39 is 0 Å². The summed E-state index contributed by atoms with van der Waals surface area (Å²) in [4.78, 5) is 9.95. The molecule has 0 saturated carbocycles. The molecule has 0 aromatic heterocycles. The monoisotopic (exact) mass is 132 g/mol. The Morgan fingerprint density at radius 3 is 2.88 bits per heavy atom. The average molecular weight is 132 g/mol. The van der Waals surface area contributed by atoms with Gasteiger partial charge in [0.2, 0.25) is 0 Å².